The first-order valence-electron chi connectivity index (χ1n) is 8.22. The van der Waals surface area contributed by atoms with E-state index in [2.05, 4.69) is 15.4 Å². The van der Waals surface area contributed by atoms with E-state index >= 15 is 0 Å². The highest BCUT2D eigenvalue weighted by molar-refractivity contribution is 7.16. The van der Waals surface area contributed by atoms with Crippen LogP contribution in [0.4, 0.5) is 18.2 Å². The molecule has 0 spiro atoms. The summed E-state index contributed by atoms with van der Waals surface area (Å²) in [7, 11) is 1.67. The van der Waals surface area contributed by atoms with Crippen molar-refractivity contribution in [3.05, 3.63) is 64.1 Å². The van der Waals surface area contributed by atoms with Gasteiger partial charge in [0.1, 0.15) is 10.7 Å². The standard InChI is InChI=1S/C18H17F3N4OS/c1-3-13-17(24-16(26)14-7-8-22-25(14)2)27-15(23-13)10-11-5-4-6-12(9-11)18(19,20)21/h4-9H,3,10H2,1-2H3,(H,24,26). The number of aromatic nitrogens is 3. The Labute approximate surface area is 157 Å². The van der Waals surface area contributed by atoms with Crippen molar-refractivity contribution in [1.82, 2.24) is 14.8 Å². The van der Waals surface area contributed by atoms with Gasteiger partial charge in [-0.25, -0.2) is 4.98 Å². The minimum absolute atomic E-state index is 0.267. The maximum absolute atomic E-state index is 12.9. The molecule has 0 fully saturated rings. The van der Waals surface area contributed by atoms with Crippen LogP contribution >= 0.6 is 11.3 Å². The van der Waals surface area contributed by atoms with Gasteiger partial charge in [-0.1, -0.05) is 25.1 Å². The van der Waals surface area contributed by atoms with Gasteiger partial charge in [0.25, 0.3) is 5.91 Å². The van der Waals surface area contributed by atoms with Gasteiger partial charge < -0.3 is 5.32 Å². The molecule has 27 heavy (non-hydrogen) atoms. The van der Waals surface area contributed by atoms with Crippen molar-refractivity contribution in [2.45, 2.75) is 25.9 Å². The Kier molecular flexibility index (Phi) is 5.31. The summed E-state index contributed by atoms with van der Waals surface area (Å²) in [6.07, 6.45) is -1.99. The fraction of sp³-hybridized carbons (Fsp3) is 0.278. The topological polar surface area (TPSA) is 59.8 Å². The van der Waals surface area contributed by atoms with E-state index < -0.39 is 11.7 Å². The number of hydrogen-bond donors (Lipinski definition) is 1. The van der Waals surface area contributed by atoms with Gasteiger partial charge in [0.15, 0.2) is 0 Å². The number of alkyl halides is 3. The van der Waals surface area contributed by atoms with E-state index in [1.165, 1.54) is 28.3 Å². The van der Waals surface area contributed by atoms with Crippen molar-refractivity contribution in [3.63, 3.8) is 0 Å². The molecule has 0 aliphatic rings. The lowest BCUT2D eigenvalue weighted by molar-refractivity contribution is -0.137. The summed E-state index contributed by atoms with van der Waals surface area (Å²) in [5, 5.41) is 8.03. The molecule has 0 aliphatic heterocycles. The second-order valence-corrected chi connectivity index (χ2v) is 6.99. The lowest BCUT2D eigenvalue weighted by Gasteiger charge is -2.07. The molecular weight excluding hydrogens is 377 g/mol. The van der Waals surface area contributed by atoms with Crippen LogP contribution in [0.5, 0.6) is 0 Å². The van der Waals surface area contributed by atoms with E-state index in [0.29, 0.717) is 33.4 Å². The maximum Gasteiger partial charge on any atom is 0.416 e. The minimum Gasteiger partial charge on any atom is -0.311 e. The molecule has 0 bridgehead atoms. The van der Waals surface area contributed by atoms with Gasteiger partial charge in [0.2, 0.25) is 0 Å². The number of nitrogens with zero attached hydrogens (tertiary/aromatic N) is 3. The molecule has 3 aromatic rings. The third kappa shape index (κ3) is 4.36. The normalized spacial score (nSPS) is 11.6. The summed E-state index contributed by atoms with van der Waals surface area (Å²) in [6, 6.07) is 6.79. The van der Waals surface area contributed by atoms with Crippen LogP contribution in [0.3, 0.4) is 0 Å². The molecule has 5 nitrogen and oxygen atoms in total. The molecular formula is C18H17F3N4OS. The largest absolute Gasteiger partial charge is 0.416 e. The molecule has 3 rings (SSSR count). The molecule has 142 valence electrons. The molecule has 0 saturated heterocycles. The van der Waals surface area contributed by atoms with E-state index in [1.54, 1.807) is 19.2 Å². The fourth-order valence-corrected chi connectivity index (χ4v) is 3.69. The zero-order valence-corrected chi connectivity index (χ0v) is 15.5. The van der Waals surface area contributed by atoms with Crippen LogP contribution < -0.4 is 5.32 Å². The predicted molar refractivity (Wildman–Crippen MR) is 96.9 cm³/mol. The number of nitrogens with one attached hydrogen (secondary N) is 1. The quantitative estimate of drug-likeness (QED) is 0.702. The van der Waals surface area contributed by atoms with Gasteiger partial charge in [-0.2, -0.15) is 18.3 Å². The third-order valence-electron chi connectivity index (χ3n) is 3.97. The van der Waals surface area contributed by atoms with E-state index in [-0.39, 0.29) is 12.3 Å². The smallest absolute Gasteiger partial charge is 0.311 e. The molecule has 0 radical (unpaired) electrons. The van der Waals surface area contributed by atoms with Crippen LogP contribution in [0, 0.1) is 0 Å². The van der Waals surface area contributed by atoms with Crippen molar-refractivity contribution in [3.8, 4) is 0 Å². The highest BCUT2D eigenvalue weighted by Crippen LogP contribution is 2.31. The Morgan fingerprint density at radius 3 is 2.70 bits per heavy atom. The maximum atomic E-state index is 12.9. The van der Waals surface area contributed by atoms with Crippen LogP contribution in [0.2, 0.25) is 0 Å². The number of carbonyl (C=O) groups is 1. The summed E-state index contributed by atoms with van der Waals surface area (Å²) in [5.74, 6) is -0.307. The average Bonchev–Trinajstić information content (AvgIpc) is 3.20. The van der Waals surface area contributed by atoms with Gasteiger partial charge in [-0.3, -0.25) is 9.48 Å². The molecule has 9 heteroatoms. The predicted octanol–water partition coefficient (Wildman–Crippen LogP) is 4.30. The molecule has 2 aromatic heterocycles. The highest BCUT2D eigenvalue weighted by Gasteiger charge is 2.30. The average molecular weight is 394 g/mol. The second kappa shape index (κ2) is 7.51. The lowest BCUT2D eigenvalue weighted by Crippen LogP contribution is -2.16. The Balaban J connectivity index is 1.81. The summed E-state index contributed by atoms with van der Waals surface area (Å²) < 4.78 is 40.1. The second-order valence-electron chi connectivity index (χ2n) is 5.91. The van der Waals surface area contributed by atoms with Crippen LogP contribution in [-0.2, 0) is 26.1 Å². The van der Waals surface area contributed by atoms with Crippen LogP contribution in [0.1, 0.15) is 39.2 Å². The summed E-state index contributed by atoms with van der Waals surface area (Å²) >= 11 is 1.27. The molecule has 0 unspecified atom stereocenters. The number of carbonyl (C=O) groups excluding carboxylic acids is 1. The fourth-order valence-electron chi connectivity index (χ4n) is 2.61. The number of amides is 1. The number of thiazole rings is 1. The first kappa shape index (κ1) is 19.1. The third-order valence-corrected chi connectivity index (χ3v) is 4.98. The minimum atomic E-state index is -4.38. The Morgan fingerprint density at radius 1 is 1.30 bits per heavy atom. The van der Waals surface area contributed by atoms with Crippen molar-refractivity contribution in [2.75, 3.05) is 5.32 Å². The molecule has 0 saturated carbocycles. The van der Waals surface area contributed by atoms with Gasteiger partial charge in [-0.05, 0) is 24.1 Å². The molecule has 1 N–H and O–H groups in total. The number of benzene rings is 1. The van der Waals surface area contributed by atoms with Gasteiger partial charge in [0.05, 0.1) is 16.3 Å². The van der Waals surface area contributed by atoms with Crippen molar-refractivity contribution < 1.29 is 18.0 Å². The molecule has 0 atom stereocenters. The number of rotatable bonds is 5. The number of halogens is 3. The monoisotopic (exact) mass is 394 g/mol. The van der Waals surface area contributed by atoms with Crippen molar-refractivity contribution in [1.29, 1.82) is 0 Å². The summed E-state index contributed by atoms with van der Waals surface area (Å²) in [5.41, 5.74) is 0.949. The Morgan fingerprint density at radius 2 is 2.07 bits per heavy atom. The molecule has 1 aromatic carbocycles. The van der Waals surface area contributed by atoms with Gasteiger partial charge in [-0.15, -0.1) is 11.3 Å². The first-order chi connectivity index (χ1) is 12.8. The van der Waals surface area contributed by atoms with Gasteiger partial charge in [0, 0.05) is 19.7 Å². The molecule has 1 amide bonds. The van der Waals surface area contributed by atoms with E-state index in [9.17, 15) is 18.0 Å². The van der Waals surface area contributed by atoms with Gasteiger partial charge >= 0.3 is 6.18 Å². The number of aryl methyl sites for hydroxylation is 2. The van der Waals surface area contributed by atoms with Crippen LogP contribution in [0.15, 0.2) is 36.5 Å². The van der Waals surface area contributed by atoms with E-state index in [4.69, 9.17) is 0 Å². The molecule has 0 aliphatic carbocycles. The van der Waals surface area contributed by atoms with Crippen molar-refractivity contribution in [2.24, 2.45) is 7.05 Å². The zero-order valence-electron chi connectivity index (χ0n) is 14.7. The first-order valence-corrected chi connectivity index (χ1v) is 9.03. The SMILES string of the molecule is CCc1nc(Cc2cccc(C(F)(F)F)c2)sc1NC(=O)c1ccnn1C. The van der Waals surface area contributed by atoms with Crippen molar-refractivity contribution >= 4 is 22.2 Å². The zero-order chi connectivity index (χ0) is 19.6. The van der Waals surface area contributed by atoms with E-state index in [1.807, 2.05) is 6.92 Å². The number of hydrogen-bond acceptors (Lipinski definition) is 4. The summed E-state index contributed by atoms with van der Waals surface area (Å²) in [4.78, 5) is 16.8. The van der Waals surface area contributed by atoms with Crippen LogP contribution in [0.25, 0.3) is 0 Å². The van der Waals surface area contributed by atoms with Crippen LogP contribution in [-0.4, -0.2) is 20.7 Å². The lowest BCUT2D eigenvalue weighted by atomic mass is 10.1. The summed E-state index contributed by atoms with van der Waals surface area (Å²) in [6.45, 7) is 1.91. The highest BCUT2D eigenvalue weighted by atomic mass is 32.1. The number of anilines is 1. The Hall–Kier alpha value is -2.68. The Bertz CT molecular complexity index is 962. The molecule has 2 heterocycles. The van der Waals surface area contributed by atoms with E-state index in [0.717, 1.165) is 12.1 Å².